The SMILES string of the molecule is CCCC#CC#CCOCCOCCNC(C)CC.[HH]. The summed E-state index contributed by atoms with van der Waals surface area (Å²) in [5.74, 6) is 11.4. The predicted molar refractivity (Wildman–Crippen MR) is 82.0 cm³/mol. The fourth-order valence-corrected chi connectivity index (χ4v) is 1.18. The molecule has 0 heterocycles. The molecule has 0 aliphatic rings. The van der Waals surface area contributed by atoms with E-state index in [4.69, 9.17) is 9.47 Å². The van der Waals surface area contributed by atoms with E-state index in [0.717, 1.165) is 32.4 Å². The van der Waals surface area contributed by atoms with Gasteiger partial charge in [-0.2, -0.15) is 0 Å². The molecule has 0 aromatic rings. The van der Waals surface area contributed by atoms with Crippen LogP contribution in [0.2, 0.25) is 0 Å². The Balaban J connectivity index is 0. The average Bonchev–Trinajstić information content (AvgIpc) is 2.43. The highest BCUT2D eigenvalue weighted by Gasteiger charge is 1.95. The zero-order chi connectivity index (χ0) is 14.2. The summed E-state index contributed by atoms with van der Waals surface area (Å²) in [6.07, 6.45) is 3.13. The van der Waals surface area contributed by atoms with Crippen LogP contribution in [0.3, 0.4) is 0 Å². The quantitative estimate of drug-likeness (QED) is 0.487. The smallest absolute Gasteiger partial charge is 0.108 e. The summed E-state index contributed by atoms with van der Waals surface area (Å²) in [6.45, 7) is 9.68. The van der Waals surface area contributed by atoms with E-state index < -0.39 is 0 Å². The van der Waals surface area contributed by atoms with Crippen molar-refractivity contribution in [2.24, 2.45) is 0 Å². The fraction of sp³-hybridized carbons (Fsp3) is 0.750. The average molecular weight is 267 g/mol. The third-order valence-corrected chi connectivity index (χ3v) is 2.51. The summed E-state index contributed by atoms with van der Waals surface area (Å²) in [5.41, 5.74) is 0. The van der Waals surface area contributed by atoms with Crippen molar-refractivity contribution in [2.45, 2.75) is 46.1 Å². The topological polar surface area (TPSA) is 30.5 Å². The van der Waals surface area contributed by atoms with Gasteiger partial charge >= 0.3 is 0 Å². The van der Waals surface area contributed by atoms with Gasteiger partial charge in [-0.15, -0.1) is 0 Å². The van der Waals surface area contributed by atoms with Crippen LogP contribution in [0.5, 0.6) is 0 Å². The van der Waals surface area contributed by atoms with Gasteiger partial charge in [0.1, 0.15) is 6.61 Å². The molecule has 0 amide bonds. The number of hydrogen-bond donors (Lipinski definition) is 1. The van der Waals surface area contributed by atoms with Gasteiger partial charge in [0.05, 0.1) is 19.8 Å². The first-order valence-electron chi connectivity index (χ1n) is 7.15. The first-order valence-corrected chi connectivity index (χ1v) is 7.15. The van der Waals surface area contributed by atoms with Gasteiger partial charge in [0.2, 0.25) is 0 Å². The summed E-state index contributed by atoms with van der Waals surface area (Å²) in [5, 5.41) is 3.36. The Morgan fingerprint density at radius 2 is 1.79 bits per heavy atom. The fourth-order valence-electron chi connectivity index (χ4n) is 1.18. The lowest BCUT2D eigenvalue weighted by Gasteiger charge is -2.10. The van der Waals surface area contributed by atoms with Crippen molar-refractivity contribution in [1.82, 2.24) is 5.32 Å². The lowest BCUT2D eigenvalue weighted by Crippen LogP contribution is -2.29. The Labute approximate surface area is 119 Å². The summed E-state index contributed by atoms with van der Waals surface area (Å²) in [6, 6.07) is 0.559. The van der Waals surface area contributed by atoms with E-state index in [1.807, 2.05) is 0 Å². The zero-order valence-corrected chi connectivity index (χ0v) is 12.6. The van der Waals surface area contributed by atoms with Crippen molar-refractivity contribution in [3.8, 4) is 23.7 Å². The van der Waals surface area contributed by atoms with Crippen LogP contribution in [0.1, 0.15) is 41.5 Å². The van der Waals surface area contributed by atoms with Gasteiger partial charge in [0, 0.05) is 20.4 Å². The third-order valence-electron chi connectivity index (χ3n) is 2.51. The highest BCUT2D eigenvalue weighted by Crippen LogP contribution is 1.86. The van der Waals surface area contributed by atoms with Crippen molar-refractivity contribution in [2.75, 3.05) is 33.0 Å². The van der Waals surface area contributed by atoms with Gasteiger partial charge < -0.3 is 14.8 Å². The van der Waals surface area contributed by atoms with Gasteiger partial charge in [0.25, 0.3) is 0 Å². The zero-order valence-electron chi connectivity index (χ0n) is 12.6. The Kier molecular flexibility index (Phi) is 14.3. The summed E-state index contributed by atoms with van der Waals surface area (Å²) >= 11 is 0. The number of ether oxygens (including phenoxy) is 2. The highest BCUT2D eigenvalue weighted by atomic mass is 16.5. The normalized spacial score (nSPS) is 11.1. The largest absolute Gasteiger partial charge is 0.378 e. The van der Waals surface area contributed by atoms with Crippen LogP contribution in [-0.2, 0) is 9.47 Å². The Hall–Kier alpha value is -1.00. The first kappa shape index (κ1) is 18.0. The maximum atomic E-state index is 5.42. The van der Waals surface area contributed by atoms with Crippen molar-refractivity contribution >= 4 is 0 Å². The lowest BCUT2D eigenvalue weighted by atomic mass is 10.3. The van der Waals surface area contributed by atoms with E-state index in [-0.39, 0.29) is 1.43 Å². The summed E-state index contributed by atoms with van der Waals surface area (Å²) in [7, 11) is 0. The molecule has 0 saturated heterocycles. The van der Waals surface area contributed by atoms with Crippen LogP contribution < -0.4 is 5.32 Å². The molecule has 0 aromatic heterocycles. The van der Waals surface area contributed by atoms with Gasteiger partial charge in [-0.1, -0.05) is 25.7 Å². The van der Waals surface area contributed by atoms with Crippen molar-refractivity contribution < 1.29 is 10.9 Å². The van der Waals surface area contributed by atoms with Crippen LogP contribution in [0, 0.1) is 23.7 Å². The molecule has 19 heavy (non-hydrogen) atoms. The molecular formula is C16H29NO2. The van der Waals surface area contributed by atoms with Gasteiger partial charge in [0.15, 0.2) is 0 Å². The van der Waals surface area contributed by atoms with Crippen LogP contribution in [0.4, 0.5) is 0 Å². The summed E-state index contributed by atoms with van der Waals surface area (Å²) in [4.78, 5) is 0. The van der Waals surface area contributed by atoms with Crippen LogP contribution >= 0.6 is 0 Å². The van der Waals surface area contributed by atoms with Crippen molar-refractivity contribution in [3.05, 3.63) is 0 Å². The molecule has 110 valence electrons. The molecule has 0 radical (unpaired) electrons. The second-order valence-electron chi connectivity index (χ2n) is 4.28. The molecule has 3 heteroatoms. The number of unbranched alkanes of at least 4 members (excludes halogenated alkanes) is 1. The molecule has 0 aliphatic heterocycles. The molecule has 3 nitrogen and oxygen atoms in total. The lowest BCUT2D eigenvalue weighted by molar-refractivity contribution is 0.0607. The second-order valence-corrected chi connectivity index (χ2v) is 4.28. The van der Waals surface area contributed by atoms with Crippen LogP contribution in [0.15, 0.2) is 0 Å². The van der Waals surface area contributed by atoms with Crippen LogP contribution in [0.25, 0.3) is 0 Å². The minimum absolute atomic E-state index is 0. The molecule has 0 spiro atoms. The van der Waals surface area contributed by atoms with Crippen molar-refractivity contribution in [3.63, 3.8) is 0 Å². The van der Waals surface area contributed by atoms with Gasteiger partial charge in [-0.25, -0.2) is 0 Å². The number of nitrogens with one attached hydrogen (secondary N) is 1. The third kappa shape index (κ3) is 14.9. The van der Waals surface area contributed by atoms with E-state index >= 15 is 0 Å². The molecule has 1 unspecified atom stereocenters. The maximum Gasteiger partial charge on any atom is 0.108 e. The number of hydrogen-bond acceptors (Lipinski definition) is 3. The molecule has 1 atom stereocenters. The monoisotopic (exact) mass is 267 g/mol. The molecule has 0 fully saturated rings. The minimum atomic E-state index is 0. The van der Waals surface area contributed by atoms with Gasteiger partial charge in [-0.3, -0.25) is 0 Å². The first-order chi connectivity index (χ1) is 9.31. The molecule has 1 N–H and O–H groups in total. The van der Waals surface area contributed by atoms with Crippen molar-refractivity contribution in [1.29, 1.82) is 0 Å². The van der Waals surface area contributed by atoms with E-state index in [0.29, 0.717) is 25.9 Å². The molecular weight excluding hydrogens is 238 g/mol. The molecule has 0 aliphatic carbocycles. The molecule has 0 bridgehead atoms. The predicted octanol–water partition coefficient (Wildman–Crippen LogP) is 2.46. The minimum Gasteiger partial charge on any atom is -0.378 e. The highest BCUT2D eigenvalue weighted by molar-refractivity contribution is 5.25. The van der Waals surface area contributed by atoms with E-state index in [9.17, 15) is 0 Å². The van der Waals surface area contributed by atoms with Gasteiger partial charge in [-0.05, 0) is 31.6 Å². The van der Waals surface area contributed by atoms with Crippen LogP contribution in [-0.4, -0.2) is 39.0 Å². The Morgan fingerprint density at radius 1 is 1.05 bits per heavy atom. The Morgan fingerprint density at radius 3 is 2.53 bits per heavy atom. The maximum absolute atomic E-state index is 5.42. The van der Waals surface area contributed by atoms with E-state index in [2.05, 4.69) is 49.8 Å². The standard InChI is InChI=1S/C16H27NO2.H2/c1-4-6-7-8-9-10-12-18-14-15-19-13-11-17-16(3)5-2;/h16-17H,4-6,11-15H2,1-3H3;1H. The second kappa shape index (κ2) is 15.1. The van der Waals surface area contributed by atoms with E-state index in [1.165, 1.54) is 0 Å². The van der Waals surface area contributed by atoms with E-state index in [1.54, 1.807) is 0 Å². The number of rotatable bonds is 10. The molecule has 0 rings (SSSR count). The Bertz CT molecular complexity index is 312. The summed E-state index contributed by atoms with van der Waals surface area (Å²) < 4.78 is 10.7. The molecule has 0 aromatic carbocycles. The molecule has 0 saturated carbocycles.